The second-order valence-electron chi connectivity index (χ2n) is 5.46. The zero-order valence-electron chi connectivity index (χ0n) is 13.4. The first-order valence-electron chi connectivity index (χ1n) is 7.95. The van der Waals surface area contributed by atoms with Gasteiger partial charge < -0.3 is 14.5 Å². The third kappa shape index (κ3) is 3.58. The molecule has 0 amide bonds. The molecule has 0 bridgehead atoms. The van der Waals surface area contributed by atoms with Crippen molar-refractivity contribution in [1.29, 1.82) is 0 Å². The molecule has 6 nitrogen and oxygen atoms in total. The molecule has 6 heteroatoms. The highest BCUT2D eigenvalue weighted by molar-refractivity contribution is 5.84. The summed E-state index contributed by atoms with van der Waals surface area (Å²) < 4.78 is 11.4. The van der Waals surface area contributed by atoms with Crippen LogP contribution in [0.5, 0.6) is 5.75 Å². The molecule has 0 aliphatic heterocycles. The van der Waals surface area contributed by atoms with Gasteiger partial charge in [-0.25, -0.2) is 0 Å². The Labute approximate surface area is 144 Å². The van der Waals surface area contributed by atoms with Crippen molar-refractivity contribution in [1.82, 2.24) is 15.2 Å². The summed E-state index contributed by atoms with van der Waals surface area (Å²) in [4.78, 5) is 4.36. The largest absolute Gasteiger partial charge is 0.482 e. The van der Waals surface area contributed by atoms with Crippen LogP contribution in [0.15, 0.2) is 71.3 Å². The second-order valence-corrected chi connectivity index (χ2v) is 5.46. The maximum atomic E-state index is 5.79. The fourth-order valence-electron chi connectivity index (χ4n) is 2.49. The highest BCUT2D eigenvalue weighted by Gasteiger charge is 2.08. The van der Waals surface area contributed by atoms with Crippen LogP contribution in [0.3, 0.4) is 0 Å². The summed E-state index contributed by atoms with van der Waals surface area (Å²) in [5, 5.41) is 12.1. The zero-order chi connectivity index (χ0) is 16.9. The molecule has 0 spiro atoms. The van der Waals surface area contributed by atoms with E-state index in [-0.39, 0.29) is 6.61 Å². The summed E-state index contributed by atoms with van der Waals surface area (Å²) in [6.07, 6.45) is 1.74. The van der Waals surface area contributed by atoms with E-state index in [0.29, 0.717) is 24.2 Å². The van der Waals surface area contributed by atoms with Crippen LogP contribution in [-0.2, 0) is 13.2 Å². The zero-order valence-corrected chi connectivity index (χ0v) is 13.4. The van der Waals surface area contributed by atoms with Crippen molar-refractivity contribution in [3.05, 3.63) is 78.3 Å². The van der Waals surface area contributed by atoms with Gasteiger partial charge in [-0.15, -0.1) is 5.10 Å². The molecule has 0 unspecified atom stereocenters. The minimum absolute atomic E-state index is 0.190. The first-order valence-corrected chi connectivity index (χ1v) is 7.95. The fourth-order valence-corrected chi connectivity index (χ4v) is 2.49. The van der Waals surface area contributed by atoms with E-state index in [4.69, 9.17) is 9.15 Å². The molecule has 0 aliphatic carbocycles. The predicted molar refractivity (Wildman–Crippen MR) is 94.1 cm³/mol. The highest BCUT2D eigenvalue weighted by Crippen LogP contribution is 2.23. The lowest BCUT2D eigenvalue weighted by Gasteiger charge is -2.06. The van der Waals surface area contributed by atoms with Gasteiger partial charge in [0.2, 0.25) is 0 Å². The Balaban J connectivity index is 1.39. The van der Waals surface area contributed by atoms with Crippen LogP contribution in [0.4, 0.5) is 6.01 Å². The predicted octanol–water partition coefficient (Wildman–Crippen LogP) is 3.81. The van der Waals surface area contributed by atoms with Crippen molar-refractivity contribution in [2.75, 3.05) is 5.32 Å². The molecule has 124 valence electrons. The standard InChI is InChI=1S/C19H16N4O2/c1-2-6-14(7-3-1)12-21-19-23-22-17(25-19)13-24-16-10-4-8-15-9-5-11-20-18(15)16/h1-11H,12-13H2,(H,21,23). The maximum Gasteiger partial charge on any atom is 0.315 e. The van der Waals surface area contributed by atoms with Crippen molar-refractivity contribution < 1.29 is 9.15 Å². The maximum absolute atomic E-state index is 5.79. The van der Waals surface area contributed by atoms with Crippen LogP contribution >= 0.6 is 0 Å². The number of para-hydroxylation sites is 1. The summed E-state index contributed by atoms with van der Waals surface area (Å²) >= 11 is 0. The quantitative estimate of drug-likeness (QED) is 0.579. The van der Waals surface area contributed by atoms with Crippen LogP contribution < -0.4 is 10.1 Å². The van der Waals surface area contributed by atoms with Crippen LogP contribution in [0, 0.1) is 0 Å². The number of aromatic nitrogens is 3. The molecule has 2 aromatic heterocycles. The van der Waals surface area contributed by atoms with Gasteiger partial charge in [-0.1, -0.05) is 53.6 Å². The van der Waals surface area contributed by atoms with Gasteiger partial charge in [-0.2, -0.15) is 0 Å². The average molecular weight is 332 g/mol. The number of nitrogens with one attached hydrogen (secondary N) is 1. The normalized spacial score (nSPS) is 10.7. The molecule has 4 rings (SSSR count). The molecular formula is C19H16N4O2. The lowest BCUT2D eigenvalue weighted by atomic mass is 10.2. The number of pyridine rings is 1. The van der Waals surface area contributed by atoms with Crippen molar-refractivity contribution in [3.63, 3.8) is 0 Å². The summed E-state index contributed by atoms with van der Waals surface area (Å²) in [6, 6.07) is 20.1. The molecule has 0 aliphatic rings. The fraction of sp³-hybridized carbons (Fsp3) is 0.105. The highest BCUT2D eigenvalue weighted by atomic mass is 16.5. The molecule has 4 aromatic rings. The Hall–Kier alpha value is -3.41. The number of nitrogens with zero attached hydrogens (tertiary/aromatic N) is 3. The number of benzene rings is 2. The molecule has 25 heavy (non-hydrogen) atoms. The van der Waals surface area contributed by atoms with E-state index >= 15 is 0 Å². The second kappa shape index (κ2) is 7.00. The minimum Gasteiger partial charge on any atom is -0.482 e. The van der Waals surface area contributed by atoms with Crippen LogP contribution in [0.2, 0.25) is 0 Å². The van der Waals surface area contributed by atoms with Gasteiger partial charge in [0, 0.05) is 18.1 Å². The Morgan fingerprint density at radius 3 is 2.72 bits per heavy atom. The number of hydrogen-bond donors (Lipinski definition) is 1. The van der Waals surface area contributed by atoms with Gasteiger partial charge in [0.05, 0.1) is 0 Å². The smallest absolute Gasteiger partial charge is 0.315 e. The number of fused-ring (bicyclic) bond motifs is 1. The molecule has 1 N–H and O–H groups in total. The van der Waals surface area contributed by atoms with Crippen molar-refractivity contribution >= 4 is 16.9 Å². The Morgan fingerprint density at radius 2 is 1.80 bits per heavy atom. The average Bonchev–Trinajstić information content (AvgIpc) is 3.13. The lowest BCUT2D eigenvalue weighted by molar-refractivity contribution is 0.267. The van der Waals surface area contributed by atoms with E-state index in [1.54, 1.807) is 6.20 Å². The monoisotopic (exact) mass is 332 g/mol. The third-order valence-corrected chi connectivity index (χ3v) is 3.70. The summed E-state index contributed by atoms with van der Waals surface area (Å²) in [7, 11) is 0. The molecule has 0 radical (unpaired) electrons. The third-order valence-electron chi connectivity index (χ3n) is 3.70. The first kappa shape index (κ1) is 15.1. The van der Waals surface area contributed by atoms with E-state index < -0.39 is 0 Å². The number of ether oxygens (including phenoxy) is 1. The summed E-state index contributed by atoms with van der Waals surface area (Å²) in [6.45, 7) is 0.812. The van der Waals surface area contributed by atoms with Gasteiger partial charge in [-0.05, 0) is 17.7 Å². The molecule has 0 atom stereocenters. The number of anilines is 1. The van der Waals surface area contributed by atoms with Gasteiger partial charge in [0.1, 0.15) is 11.3 Å². The number of hydrogen-bond acceptors (Lipinski definition) is 6. The molecule has 2 aromatic carbocycles. The molecule has 0 fully saturated rings. The van der Waals surface area contributed by atoms with E-state index in [1.807, 2.05) is 60.7 Å². The number of rotatable bonds is 6. The Bertz CT molecular complexity index is 964. The Morgan fingerprint density at radius 1 is 0.920 bits per heavy atom. The van der Waals surface area contributed by atoms with Crippen LogP contribution in [-0.4, -0.2) is 15.2 Å². The van der Waals surface area contributed by atoms with Crippen molar-refractivity contribution in [2.45, 2.75) is 13.2 Å². The summed E-state index contributed by atoms with van der Waals surface area (Å²) in [5.74, 6) is 1.10. The van der Waals surface area contributed by atoms with Crippen molar-refractivity contribution in [2.24, 2.45) is 0 Å². The molecule has 0 saturated carbocycles. The first-order chi connectivity index (χ1) is 12.4. The van der Waals surface area contributed by atoms with Crippen LogP contribution in [0.25, 0.3) is 10.9 Å². The minimum atomic E-state index is 0.190. The van der Waals surface area contributed by atoms with Crippen molar-refractivity contribution in [3.8, 4) is 5.75 Å². The van der Waals surface area contributed by atoms with Gasteiger partial charge in [0.25, 0.3) is 5.89 Å². The van der Waals surface area contributed by atoms with E-state index in [9.17, 15) is 0 Å². The van der Waals surface area contributed by atoms with Gasteiger partial charge in [-0.3, -0.25) is 4.98 Å². The topological polar surface area (TPSA) is 73.1 Å². The van der Waals surface area contributed by atoms with Gasteiger partial charge in [0.15, 0.2) is 6.61 Å². The van der Waals surface area contributed by atoms with E-state index in [0.717, 1.165) is 16.5 Å². The molecular weight excluding hydrogens is 316 g/mol. The molecule has 0 saturated heterocycles. The SMILES string of the molecule is c1ccc(CNc2nnc(COc3cccc4cccnc34)o2)cc1. The lowest BCUT2D eigenvalue weighted by Crippen LogP contribution is -1.99. The van der Waals surface area contributed by atoms with Gasteiger partial charge >= 0.3 is 6.01 Å². The molecule has 2 heterocycles. The summed E-state index contributed by atoms with van der Waals surface area (Å²) in [5.41, 5.74) is 1.95. The Kier molecular flexibility index (Phi) is 4.24. The van der Waals surface area contributed by atoms with E-state index in [2.05, 4.69) is 20.5 Å². The van der Waals surface area contributed by atoms with Crippen LogP contribution in [0.1, 0.15) is 11.5 Å². The van der Waals surface area contributed by atoms with E-state index in [1.165, 1.54) is 0 Å².